The molecule has 4 rings (SSSR count). The Kier molecular flexibility index (Phi) is 4.56. The van der Waals surface area contributed by atoms with Crippen molar-refractivity contribution in [2.75, 3.05) is 0 Å². The number of carbonyl (C=O) groups excluding carboxylic acids is 1. The Balaban J connectivity index is 1.61. The van der Waals surface area contributed by atoms with Gasteiger partial charge in [-0.05, 0) is 56.0 Å². The van der Waals surface area contributed by atoms with E-state index in [9.17, 15) is 9.59 Å². The largest absolute Gasteiger partial charge is 0.345 e. The number of nitrogens with one attached hydrogen (secondary N) is 1. The van der Waals surface area contributed by atoms with Crippen molar-refractivity contribution in [2.45, 2.75) is 44.8 Å². The fourth-order valence-electron chi connectivity index (χ4n) is 3.97. The smallest absolute Gasteiger partial charge is 0.329 e. The molecule has 3 aromatic rings. The molecule has 1 amide bonds. The Morgan fingerprint density at radius 3 is 2.26 bits per heavy atom. The lowest BCUT2D eigenvalue weighted by Crippen LogP contribution is -2.52. The molecule has 0 spiro atoms. The average Bonchev–Trinajstić information content (AvgIpc) is 2.90. The summed E-state index contributed by atoms with van der Waals surface area (Å²) in [5, 5.41) is 3.86. The molecule has 0 radical (unpaired) electrons. The van der Waals surface area contributed by atoms with E-state index >= 15 is 0 Å². The standard InChI is InChI=1S/C21H22ClN3O2/c1-2-24-17-6-3-4-7-18(17)25(20(24)27)14-19(26)23-21(12-5-13-21)15-8-10-16(22)11-9-15/h3-4,6-11H,2,5,12-14H2,1H3,(H,23,26). The summed E-state index contributed by atoms with van der Waals surface area (Å²) in [4.78, 5) is 25.6. The van der Waals surface area contributed by atoms with E-state index in [1.54, 1.807) is 9.13 Å². The normalized spacial score (nSPS) is 15.5. The van der Waals surface area contributed by atoms with Crippen LogP contribution in [0.2, 0.25) is 5.02 Å². The van der Waals surface area contributed by atoms with Crippen molar-refractivity contribution in [3.63, 3.8) is 0 Å². The van der Waals surface area contributed by atoms with Crippen LogP contribution >= 0.6 is 11.6 Å². The molecule has 2 aromatic carbocycles. The number of para-hydroxylation sites is 2. The van der Waals surface area contributed by atoms with E-state index in [0.29, 0.717) is 11.6 Å². The first-order valence-corrected chi connectivity index (χ1v) is 9.67. The summed E-state index contributed by atoms with van der Waals surface area (Å²) in [5.41, 5.74) is 2.20. The van der Waals surface area contributed by atoms with Gasteiger partial charge in [0.2, 0.25) is 5.91 Å². The number of nitrogens with zero attached hydrogens (tertiary/aromatic N) is 2. The zero-order chi connectivity index (χ0) is 19.0. The van der Waals surface area contributed by atoms with Crippen LogP contribution in [-0.4, -0.2) is 15.0 Å². The summed E-state index contributed by atoms with van der Waals surface area (Å²) in [6.45, 7) is 2.52. The monoisotopic (exact) mass is 383 g/mol. The Morgan fingerprint density at radius 1 is 1.07 bits per heavy atom. The summed E-state index contributed by atoms with van der Waals surface area (Å²) >= 11 is 6.00. The quantitative estimate of drug-likeness (QED) is 0.730. The molecular weight excluding hydrogens is 362 g/mol. The highest BCUT2D eigenvalue weighted by Crippen LogP contribution is 2.41. The van der Waals surface area contributed by atoms with Crippen LogP contribution in [0.5, 0.6) is 0 Å². The molecule has 1 aliphatic carbocycles. The van der Waals surface area contributed by atoms with E-state index in [0.717, 1.165) is 35.9 Å². The summed E-state index contributed by atoms with van der Waals surface area (Å²) in [6, 6.07) is 15.2. The lowest BCUT2D eigenvalue weighted by molar-refractivity contribution is -0.125. The molecule has 0 saturated heterocycles. The molecule has 140 valence electrons. The number of hydrogen-bond acceptors (Lipinski definition) is 2. The zero-order valence-electron chi connectivity index (χ0n) is 15.2. The van der Waals surface area contributed by atoms with E-state index in [1.165, 1.54) is 0 Å². The van der Waals surface area contributed by atoms with Crippen LogP contribution in [0.15, 0.2) is 53.3 Å². The maximum atomic E-state index is 12.8. The van der Waals surface area contributed by atoms with E-state index in [2.05, 4.69) is 5.32 Å². The van der Waals surface area contributed by atoms with Gasteiger partial charge >= 0.3 is 5.69 Å². The number of aryl methyl sites for hydroxylation is 1. The Labute approximate surface area is 162 Å². The molecule has 1 aliphatic rings. The first-order chi connectivity index (χ1) is 13.0. The molecular formula is C21H22ClN3O2. The van der Waals surface area contributed by atoms with Gasteiger partial charge in [-0.25, -0.2) is 4.79 Å². The maximum absolute atomic E-state index is 12.8. The predicted octanol–water partition coefficient (Wildman–Crippen LogP) is 3.67. The van der Waals surface area contributed by atoms with Gasteiger partial charge in [-0.15, -0.1) is 0 Å². The van der Waals surface area contributed by atoms with Crippen LogP contribution in [0.1, 0.15) is 31.7 Å². The predicted molar refractivity (Wildman–Crippen MR) is 107 cm³/mol. The highest BCUT2D eigenvalue weighted by atomic mass is 35.5. The molecule has 5 nitrogen and oxygen atoms in total. The van der Waals surface area contributed by atoms with Gasteiger partial charge in [-0.2, -0.15) is 0 Å². The summed E-state index contributed by atoms with van der Waals surface area (Å²) < 4.78 is 3.25. The second kappa shape index (κ2) is 6.89. The second-order valence-electron chi connectivity index (χ2n) is 7.09. The van der Waals surface area contributed by atoms with Crippen LogP contribution in [0, 0.1) is 0 Å². The first-order valence-electron chi connectivity index (χ1n) is 9.29. The van der Waals surface area contributed by atoms with Crippen molar-refractivity contribution < 1.29 is 4.79 Å². The fraction of sp³-hybridized carbons (Fsp3) is 0.333. The third-order valence-corrected chi connectivity index (χ3v) is 5.78. The van der Waals surface area contributed by atoms with E-state index in [1.807, 2.05) is 55.5 Å². The zero-order valence-corrected chi connectivity index (χ0v) is 16.0. The molecule has 0 unspecified atom stereocenters. The van der Waals surface area contributed by atoms with Crippen LogP contribution in [0.3, 0.4) is 0 Å². The lowest BCUT2D eigenvalue weighted by Gasteiger charge is -2.43. The summed E-state index contributed by atoms with van der Waals surface area (Å²) in [5.74, 6) is -0.147. The summed E-state index contributed by atoms with van der Waals surface area (Å²) in [6.07, 6.45) is 2.86. The molecule has 0 atom stereocenters. The van der Waals surface area contributed by atoms with Gasteiger partial charge in [0.15, 0.2) is 0 Å². The number of amides is 1. The number of halogens is 1. The molecule has 6 heteroatoms. The number of benzene rings is 2. The Bertz CT molecular complexity index is 1050. The van der Waals surface area contributed by atoms with Gasteiger partial charge < -0.3 is 5.32 Å². The Morgan fingerprint density at radius 2 is 1.70 bits per heavy atom. The number of fused-ring (bicyclic) bond motifs is 1. The minimum absolute atomic E-state index is 0.0156. The van der Waals surface area contributed by atoms with Gasteiger partial charge in [0.25, 0.3) is 0 Å². The number of hydrogen-bond donors (Lipinski definition) is 1. The van der Waals surface area contributed by atoms with Crippen LogP contribution < -0.4 is 11.0 Å². The third-order valence-electron chi connectivity index (χ3n) is 5.53. The fourth-order valence-corrected chi connectivity index (χ4v) is 4.09. The lowest BCUT2D eigenvalue weighted by atomic mass is 9.72. The molecule has 1 saturated carbocycles. The maximum Gasteiger partial charge on any atom is 0.329 e. The van der Waals surface area contributed by atoms with Gasteiger partial charge in [0.05, 0.1) is 16.6 Å². The van der Waals surface area contributed by atoms with Gasteiger partial charge in [0, 0.05) is 11.6 Å². The molecule has 0 bridgehead atoms. The SMILES string of the molecule is CCn1c(=O)n(CC(=O)NC2(c3ccc(Cl)cc3)CCC2)c2ccccc21. The van der Waals surface area contributed by atoms with E-state index < -0.39 is 0 Å². The van der Waals surface area contributed by atoms with Gasteiger partial charge in [0.1, 0.15) is 6.54 Å². The molecule has 1 aromatic heterocycles. The van der Waals surface area contributed by atoms with Crippen molar-refractivity contribution in [2.24, 2.45) is 0 Å². The second-order valence-corrected chi connectivity index (χ2v) is 7.53. The molecule has 1 N–H and O–H groups in total. The summed E-state index contributed by atoms with van der Waals surface area (Å²) in [7, 11) is 0. The highest BCUT2D eigenvalue weighted by Gasteiger charge is 2.40. The highest BCUT2D eigenvalue weighted by molar-refractivity contribution is 6.30. The van der Waals surface area contributed by atoms with Crippen molar-refractivity contribution in [3.05, 3.63) is 69.6 Å². The van der Waals surface area contributed by atoms with Crippen LogP contribution in [0.4, 0.5) is 0 Å². The number of rotatable bonds is 5. The van der Waals surface area contributed by atoms with Gasteiger partial charge in [-0.3, -0.25) is 13.9 Å². The number of aromatic nitrogens is 2. The van der Waals surface area contributed by atoms with E-state index in [-0.39, 0.29) is 23.7 Å². The average molecular weight is 384 g/mol. The molecule has 27 heavy (non-hydrogen) atoms. The minimum atomic E-state index is -0.353. The molecule has 1 fully saturated rings. The minimum Gasteiger partial charge on any atom is -0.345 e. The van der Waals surface area contributed by atoms with Crippen molar-refractivity contribution in [3.8, 4) is 0 Å². The third kappa shape index (κ3) is 3.06. The van der Waals surface area contributed by atoms with Crippen LogP contribution in [0.25, 0.3) is 11.0 Å². The van der Waals surface area contributed by atoms with Gasteiger partial charge in [-0.1, -0.05) is 35.9 Å². The Hall–Kier alpha value is -2.53. The van der Waals surface area contributed by atoms with Crippen LogP contribution in [-0.2, 0) is 23.4 Å². The van der Waals surface area contributed by atoms with Crippen molar-refractivity contribution in [1.82, 2.24) is 14.5 Å². The van der Waals surface area contributed by atoms with Crippen molar-refractivity contribution >= 4 is 28.5 Å². The number of carbonyl (C=O) groups is 1. The van der Waals surface area contributed by atoms with E-state index in [4.69, 9.17) is 11.6 Å². The van der Waals surface area contributed by atoms with Crippen molar-refractivity contribution in [1.29, 1.82) is 0 Å². The number of imidazole rings is 1. The first kappa shape index (κ1) is 17.9. The topological polar surface area (TPSA) is 56.0 Å². The molecule has 0 aliphatic heterocycles. The molecule has 1 heterocycles.